The smallest absolute Gasteiger partial charge is 0.323 e. The van der Waals surface area contributed by atoms with Crippen LogP contribution in [0.1, 0.15) is 78.3 Å². The number of pyridine rings is 3. The van der Waals surface area contributed by atoms with Crippen LogP contribution >= 0.6 is 0 Å². The van der Waals surface area contributed by atoms with Crippen molar-refractivity contribution in [3.8, 4) is 50.6 Å². The Morgan fingerprint density at radius 2 is 0.910 bits per heavy atom. The molecule has 1 atom stereocenters. The van der Waals surface area contributed by atoms with Crippen molar-refractivity contribution < 1.29 is 28.7 Å². The van der Waals surface area contributed by atoms with Crippen LogP contribution in [0, 0.1) is 5.92 Å². The van der Waals surface area contributed by atoms with E-state index in [1.165, 1.54) is 89.6 Å². The molecule has 0 spiro atoms. The van der Waals surface area contributed by atoms with Gasteiger partial charge in [0, 0.05) is 48.1 Å². The summed E-state index contributed by atoms with van der Waals surface area (Å²) >= 11 is 0. The number of benzene rings is 7. The lowest BCUT2D eigenvalue weighted by molar-refractivity contribution is -0.875. The van der Waals surface area contributed by atoms with E-state index < -0.39 is 0 Å². The van der Waals surface area contributed by atoms with E-state index in [1.807, 2.05) is 20.4 Å². The fraction of sp³-hybridized carbons (Fsp3) is 0.260. The van der Waals surface area contributed by atoms with E-state index in [2.05, 4.69) is 230 Å². The van der Waals surface area contributed by atoms with Crippen LogP contribution in [0.15, 0.2) is 207 Å². The normalized spacial score (nSPS) is 17.4. The summed E-state index contributed by atoms with van der Waals surface area (Å²) in [6.07, 6.45) is 21.8. The van der Waals surface area contributed by atoms with Gasteiger partial charge in [-0.2, -0.15) is 0 Å². The van der Waals surface area contributed by atoms with Crippen LogP contribution in [0.2, 0.25) is 0 Å². The van der Waals surface area contributed by atoms with Gasteiger partial charge in [-0.15, -0.1) is 0 Å². The Labute approximate surface area is 521 Å². The van der Waals surface area contributed by atoms with Crippen molar-refractivity contribution in [3.63, 3.8) is 0 Å². The Hall–Kier alpha value is -9.81. The van der Waals surface area contributed by atoms with Crippen molar-refractivity contribution in [2.45, 2.75) is 83.5 Å². The summed E-state index contributed by atoms with van der Waals surface area (Å²) in [6, 6.07) is 67.4. The second-order valence-corrected chi connectivity index (χ2v) is 25.4. The van der Waals surface area contributed by atoms with Gasteiger partial charge in [-0.1, -0.05) is 116 Å². The van der Waals surface area contributed by atoms with Crippen LogP contribution in [0.4, 0.5) is 45.8 Å². The highest BCUT2D eigenvalue weighted by atomic mass is 16.7. The third-order valence-electron chi connectivity index (χ3n) is 19.7. The standard InChI is InChI=1S/C77H74N9O3/c1-4-19-59(20-5-1)64-44-67-75-70(47-64)87-82-38-12-18-58(50-82)16-10-15-54-27-29-56-33-39-85-73(42-56)83-52-80(68-45-65(48-71(88-85)76(68)83)60-21-6-2-7-22-60)36-11-17-55-31-32-62(63(41-55)26-14-35-79(67)51-78-75)25-13-37-81-53-84-74-43-57(30-28-54)34-40-86(74)89-72-49-66(46-69(81)77(72)84)61-23-8-3-9-24-61/h1-9,12,18-24,31-34,38-50,54,78H,10-11,13-17,25-30,35-37,51-53H2/q+3. The average molecular weight is 1170 g/mol. The first-order valence-electron chi connectivity index (χ1n) is 32.5. The molecule has 11 heterocycles. The van der Waals surface area contributed by atoms with Crippen molar-refractivity contribution in [1.29, 1.82) is 0 Å². The third kappa shape index (κ3) is 10.3. The first-order valence-corrected chi connectivity index (χ1v) is 32.5. The summed E-state index contributed by atoms with van der Waals surface area (Å²) in [5.41, 5.74) is 22.4. The zero-order chi connectivity index (χ0) is 58.8. The molecule has 1 unspecified atom stereocenters. The van der Waals surface area contributed by atoms with Crippen molar-refractivity contribution in [3.05, 3.63) is 240 Å². The second-order valence-electron chi connectivity index (χ2n) is 25.4. The fourth-order valence-electron chi connectivity index (χ4n) is 15.1. The van der Waals surface area contributed by atoms with Gasteiger partial charge in [-0.25, -0.2) is 14.6 Å². The van der Waals surface area contributed by atoms with Gasteiger partial charge in [0.25, 0.3) is 0 Å². The van der Waals surface area contributed by atoms with E-state index in [0.717, 1.165) is 163 Å². The number of fused-ring (bicyclic) bond motifs is 6. The van der Waals surface area contributed by atoms with E-state index in [4.69, 9.17) is 14.5 Å². The molecule has 0 fully saturated rings. The zero-order valence-electron chi connectivity index (χ0n) is 50.4. The lowest BCUT2D eigenvalue weighted by Gasteiger charge is -2.22. The van der Waals surface area contributed by atoms with Crippen LogP contribution in [0.3, 0.4) is 0 Å². The summed E-state index contributed by atoms with van der Waals surface area (Å²) in [4.78, 5) is 33.5. The number of anilines is 8. The Bertz CT molecular complexity index is 4330. The van der Waals surface area contributed by atoms with Gasteiger partial charge >= 0.3 is 11.6 Å². The topological polar surface area (TPSA) is 67.6 Å². The number of rotatable bonds is 3. The van der Waals surface area contributed by atoms with E-state index in [1.54, 1.807) is 0 Å². The molecular weight excluding hydrogens is 1100 g/mol. The minimum absolute atomic E-state index is 0.487. The highest BCUT2D eigenvalue weighted by molar-refractivity contribution is 5.92. The molecule has 10 aromatic rings. The molecule has 3 aromatic heterocycles. The Morgan fingerprint density at radius 1 is 0.382 bits per heavy atom. The Balaban J connectivity index is 0.767. The van der Waals surface area contributed by atoms with Crippen LogP contribution in [-0.2, 0) is 38.5 Å². The maximum Gasteiger partial charge on any atom is 0.323 e. The summed E-state index contributed by atoms with van der Waals surface area (Å²) in [5, 5.41) is 3.81. The molecule has 7 aromatic carbocycles. The van der Waals surface area contributed by atoms with Gasteiger partial charge in [-0.3, -0.25) is 9.68 Å². The van der Waals surface area contributed by atoms with Crippen LogP contribution < -0.4 is 58.5 Å². The molecule has 1 N–H and O–H groups in total. The number of hydrogen-bond donors (Lipinski definition) is 1. The summed E-state index contributed by atoms with van der Waals surface area (Å²) in [7, 11) is 0. The minimum Gasteiger partial charge on any atom is -0.363 e. The van der Waals surface area contributed by atoms with Gasteiger partial charge in [0.05, 0.1) is 23.7 Å². The van der Waals surface area contributed by atoms with Gasteiger partial charge < -0.3 is 20.0 Å². The third-order valence-corrected chi connectivity index (χ3v) is 19.7. The molecule has 12 nitrogen and oxygen atoms in total. The van der Waals surface area contributed by atoms with Crippen LogP contribution in [0.25, 0.3) is 33.4 Å². The molecule has 8 aliphatic rings. The number of nitrogens with one attached hydrogen (secondary N) is 1. The first-order chi connectivity index (χ1) is 44.0. The maximum absolute atomic E-state index is 6.94. The number of nitrogens with zero attached hydrogens (tertiary/aromatic N) is 8. The molecule has 0 saturated heterocycles. The Morgan fingerprint density at radius 3 is 1.52 bits per heavy atom. The van der Waals surface area contributed by atoms with Gasteiger partial charge in [0.1, 0.15) is 18.1 Å². The van der Waals surface area contributed by atoms with Gasteiger partial charge in [0.2, 0.25) is 41.0 Å². The monoisotopic (exact) mass is 1170 g/mol. The largest absolute Gasteiger partial charge is 0.363 e. The molecule has 0 amide bonds. The molecular formula is C77H74N9O3+3. The molecule has 0 radical (unpaired) electrons. The van der Waals surface area contributed by atoms with Gasteiger partial charge in [0.15, 0.2) is 13.3 Å². The molecule has 0 aliphatic carbocycles. The van der Waals surface area contributed by atoms with Gasteiger partial charge in [-0.05, 0) is 208 Å². The molecule has 0 saturated carbocycles. The molecule has 12 heteroatoms. The average Bonchev–Trinajstić information content (AvgIpc) is 1.67. The summed E-state index contributed by atoms with van der Waals surface area (Å²) in [5.74, 6) is 5.29. The predicted molar refractivity (Wildman–Crippen MR) is 353 cm³/mol. The van der Waals surface area contributed by atoms with E-state index >= 15 is 0 Å². The predicted octanol–water partition coefficient (Wildman–Crippen LogP) is 14.5. The Kier molecular flexibility index (Phi) is 13.6. The van der Waals surface area contributed by atoms with Crippen molar-refractivity contribution in [1.82, 2.24) is 0 Å². The number of aryl methyl sites for hydroxylation is 6. The maximum atomic E-state index is 6.94. The van der Waals surface area contributed by atoms with E-state index in [-0.39, 0.29) is 0 Å². The summed E-state index contributed by atoms with van der Waals surface area (Å²) in [6.45, 7) is 5.02. The molecule has 442 valence electrons. The van der Waals surface area contributed by atoms with Crippen molar-refractivity contribution in [2.24, 2.45) is 5.92 Å². The van der Waals surface area contributed by atoms with Crippen molar-refractivity contribution >= 4 is 45.8 Å². The highest BCUT2D eigenvalue weighted by Gasteiger charge is 2.45. The molecule has 89 heavy (non-hydrogen) atoms. The molecule has 18 rings (SSSR count). The summed E-state index contributed by atoms with van der Waals surface area (Å²) < 4.78 is 5.93. The fourth-order valence-corrected chi connectivity index (χ4v) is 15.1. The zero-order valence-corrected chi connectivity index (χ0v) is 50.4. The lowest BCUT2D eigenvalue weighted by atomic mass is 9.88. The SMILES string of the molecule is c1ccc(-c2cc3c4c(c2)N(CCCc2cc5ccc2CCCN2CN6c7c(cc(-c8ccccc8)cc72)O[n+]2ccc(cc26)CCC(CCCc2ccc[n+](c2)O3)CCc2cc[n+]3c(c2)N2CN(CCC5)c5cc(-c6ccccc6)cc(c52)O3)CN4)cc1. The van der Waals surface area contributed by atoms with Crippen molar-refractivity contribution in [2.75, 3.05) is 69.5 Å². The lowest BCUT2D eigenvalue weighted by Crippen LogP contribution is -2.48. The van der Waals surface area contributed by atoms with Crippen LogP contribution in [-0.4, -0.2) is 39.6 Å². The number of hydrogen-bond acceptors (Lipinski definition) is 9. The minimum atomic E-state index is 0.487. The van der Waals surface area contributed by atoms with E-state index in [9.17, 15) is 0 Å². The first kappa shape index (κ1) is 53.4. The second kappa shape index (κ2) is 22.7. The molecule has 8 aliphatic heterocycles. The van der Waals surface area contributed by atoms with E-state index in [0.29, 0.717) is 5.92 Å². The number of aromatic nitrogens is 3. The highest BCUT2D eigenvalue weighted by Crippen LogP contribution is 2.52. The molecule has 18 bridgehead atoms. The van der Waals surface area contributed by atoms with Crippen LogP contribution in [0.5, 0.6) is 17.2 Å². The quantitative estimate of drug-likeness (QED) is 0.174.